The first-order valence-electron chi connectivity index (χ1n) is 7.22. The Balaban J connectivity index is 2.16. The van der Waals surface area contributed by atoms with E-state index in [0.29, 0.717) is 0 Å². The summed E-state index contributed by atoms with van der Waals surface area (Å²) in [6, 6.07) is 13.4. The first-order chi connectivity index (χ1) is 10.1. The number of hydrogen-bond acceptors (Lipinski definition) is 3. The highest BCUT2D eigenvalue weighted by atomic mass is 16.3. The number of rotatable bonds is 6. The van der Waals surface area contributed by atoms with Gasteiger partial charge in [-0.3, -0.25) is 10.1 Å². The Morgan fingerprint density at radius 3 is 2.33 bits per heavy atom. The van der Waals surface area contributed by atoms with Gasteiger partial charge in [-0.15, -0.1) is 0 Å². The monoisotopic (exact) mass is 286 g/mol. The third-order valence-corrected chi connectivity index (χ3v) is 3.20. The van der Waals surface area contributed by atoms with Crippen LogP contribution < -0.4 is 10.6 Å². The molecule has 0 aliphatic rings. The Labute approximate surface area is 125 Å². The topological polar surface area (TPSA) is 54.3 Å². The molecular weight excluding hydrogens is 264 g/mol. The normalized spacial score (nSPS) is 13.9. The molecule has 0 saturated heterocycles. The Morgan fingerprint density at radius 1 is 1.05 bits per heavy atom. The molecule has 0 bridgehead atoms. The van der Waals surface area contributed by atoms with Crippen LogP contribution in [0.1, 0.15) is 38.1 Å². The van der Waals surface area contributed by atoms with Gasteiger partial charge in [-0.1, -0.05) is 30.3 Å². The van der Waals surface area contributed by atoms with Gasteiger partial charge in [-0.05, 0) is 38.5 Å². The predicted molar refractivity (Wildman–Crippen MR) is 82.9 cm³/mol. The molecule has 2 aromatic rings. The molecule has 0 spiro atoms. The second-order valence-corrected chi connectivity index (χ2v) is 5.41. The van der Waals surface area contributed by atoms with Gasteiger partial charge in [0.1, 0.15) is 5.76 Å². The zero-order chi connectivity index (χ0) is 15.2. The molecular formula is C17H22N2O2. The van der Waals surface area contributed by atoms with E-state index in [9.17, 15) is 4.79 Å². The Hall–Kier alpha value is -2.07. The van der Waals surface area contributed by atoms with E-state index in [1.165, 1.54) is 0 Å². The molecule has 0 unspecified atom stereocenters. The molecule has 4 nitrogen and oxygen atoms in total. The molecule has 2 N–H and O–H groups in total. The molecule has 2 atom stereocenters. The molecule has 1 amide bonds. The first-order valence-corrected chi connectivity index (χ1v) is 7.22. The molecule has 0 aliphatic heterocycles. The van der Waals surface area contributed by atoms with Crippen molar-refractivity contribution in [2.45, 2.75) is 38.9 Å². The molecule has 0 saturated carbocycles. The van der Waals surface area contributed by atoms with Crippen molar-refractivity contribution in [3.8, 4) is 0 Å². The Kier molecular flexibility index (Phi) is 5.17. The fraction of sp³-hybridized carbons (Fsp3) is 0.353. The molecule has 2 rings (SSSR count). The van der Waals surface area contributed by atoms with E-state index in [4.69, 9.17) is 4.42 Å². The van der Waals surface area contributed by atoms with E-state index in [1.54, 1.807) is 6.26 Å². The van der Waals surface area contributed by atoms with Gasteiger partial charge >= 0.3 is 0 Å². The lowest BCUT2D eigenvalue weighted by atomic mass is 10.0. The molecule has 0 fully saturated rings. The summed E-state index contributed by atoms with van der Waals surface area (Å²) in [6.07, 6.45) is 1.64. The van der Waals surface area contributed by atoms with E-state index in [1.807, 2.05) is 63.2 Å². The van der Waals surface area contributed by atoms with Crippen LogP contribution in [0.15, 0.2) is 53.1 Å². The summed E-state index contributed by atoms with van der Waals surface area (Å²) >= 11 is 0. The van der Waals surface area contributed by atoms with Crippen LogP contribution in [-0.4, -0.2) is 18.0 Å². The number of hydrogen-bond donors (Lipinski definition) is 2. The molecule has 0 aliphatic carbocycles. The average molecular weight is 286 g/mol. The molecule has 1 aromatic carbocycles. The second-order valence-electron chi connectivity index (χ2n) is 5.41. The number of carbonyl (C=O) groups excluding carboxylic acids is 1. The highest BCUT2D eigenvalue weighted by molar-refractivity contribution is 5.81. The highest BCUT2D eigenvalue weighted by Gasteiger charge is 2.22. The lowest BCUT2D eigenvalue weighted by Crippen LogP contribution is -2.46. The van der Waals surface area contributed by atoms with Gasteiger partial charge in [0.25, 0.3) is 0 Å². The predicted octanol–water partition coefficient (Wildman–Crippen LogP) is 2.87. The molecule has 1 heterocycles. The van der Waals surface area contributed by atoms with Crippen LogP contribution >= 0.6 is 0 Å². The van der Waals surface area contributed by atoms with Crippen LogP contribution in [0.3, 0.4) is 0 Å². The van der Waals surface area contributed by atoms with Crippen LogP contribution in [0, 0.1) is 0 Å². The van der Waals surface area contributed by atoms with Crippen LogP contribution in [-0.2, 0) is 4.79 Å². The number of carbonyl (C=O) groups is 1. The van der Waals surface area contributed by atoms with Crippen LogP contribution in [0.25, 0.3) is 0 Å². The molecule has 112 valence electrons. The van der Waals surface area contributed by atoms with E-state index >= 15 is 0 Å². The van der Waals surface area contributed by atoms with Crippen molar-refractivity contribution < 1.29 is 9.21 Å². The van der Waals surface area contributed by atoms with Crippen molar-refractivity contribution in [3.05, 3.63) is 60.1 Å². The first kappa shape index (κ1) is 15.3. The fourth-order valence-corrected chi connectivity index (χ4v) is 2.18. The van der Waals surface area contributed by atoms with Gasteiger partial charge in [0.2, 0.25) is 5.91 Å². The molecule has 0 radical (unpaired) electrons. The summed E-state index contributed by atoms with van der Waals surface area (Å²) in [5, 5.41) is 6.25. The molecule has 21 heavy (non-hydrogen) atoms. The number of amides is 1. The number of nitrogens with one attached hydrogen (secondary N) is 2. The average Bonchev–Trinajstić information content (AvgIpc) is 2.98. The smallest absolute Gasteiger partial charge is 0.237 e. The van der Waals surface area contributed by atoms with Crippen LogP contribution in [0.5, 0.6) is 0 Å². The maximum atomic E-state index is 12.1. The van der Waals surface area contributed by atoms with E-state index in [2.05, 4.69) is 10.6 Å². The van der Waals surface area contributed by atoms with Crippen molar-refractivity contribution in [1.82, 2.24) is 10.6 Å². The fourth-order valence-electron chi connectivity index (χ4n) is 2.18. The maximum Gasteiger partial charge on any atom is 0.237 e. The lowest BCUT2D eigenvalue weighted by Gasteiger charge is -2.22. The number of furan rings is 1. The Morgan fingerprint density at radius 2 is 1.76 bits per heavy atom. The minimum Gasteiger partial charge on any atom is -0.467 e. The van der Waals surface area contributed by atoms with Gasteiger partial charge in [0.05, 0.1) is 18.3 Å². The van der Waals surface area contributed by atoms with Gasteiger partial charge in [0, 0.05) is 6.04 Å². The third kappa shape index (κ3) is 4.20. The quantitative estimate of drug-likeness (QED) is 0.858. The maximum absolute atomic E-state index is 12.1. The summed E-state index contributed by atoms with van der Waals surface area (Å²) < 4.78 is 5.52. The summed E-state index contributed by atoms with van der Waals surface area (Å²) in [6.45, 7) is 5.76. The summed E-state index contributed by atoms with van der Waals surface area (Å²) in [5.41, 5.74) is 1.07. The summed E-state index contributed by atoms with van der Waals surface area (Å²) in [7, 11) is 0. The zero-order valence-corrected chi connectivity index (χ0v) is 12.7. The van der Waals surface area contributed by atoms with Gasteiger partial charge in [-0.25, -0.2) is 0 Å². The van der Waals surface area contributed by atoms with E-state index < -0.39 is 0 Å². The number of benzene rings is 1. The van der Waals surface area contributed by atoms with Crippen LogP contribution in [0.4, 0.5) is 0 Å². The molecule has 1 aromatic heterocycles. The van der Waals surface area contributed by atoms with E-state index in [0.717, 1.165) is 11.3 Å². The Bertz CT molecular complexity index is 549. The standard InChI is InChI=1S/C17H22N2O2/c1-12(2)18-17(20)13(3)19-16(15-10-7-11-21-15)14-8-5-4-6-9-14/h4-13,16,19H,1-3H3,(H,18,20)/t13-,16-/m0/s1. The lowest BCUT2D eigenvalue weighted by molar-refractivity contribution is -0.123. The minimum atomic E-state index is -0.317. The second kappa shape index (κ2) is 7.09. The van der Waals surface area contributed by atoms with E-state index in [-0.39, 0.29) is 24.0 Å². The summed E-state index contributed by atoms with van der Waals surface area (Å²) in [5.74, 6) is 0.780. The van der Waals surface area contributed by atoms with Crippen molar-refractivity contribution in [2.75, 3.05) is 0 Å². The SMILES string of the molecule is CC(C)NC(=O)[C@H](C)N[C@@H](c1ccccc1)c1ccco1. The minimum absolute atomic E-state index is 0.0162. The largest absolute Gasteiger partial charge is 0.467 e. The van der Waals surface area contributed by atoms with Crippen molar-refractivity contribution in [1.29, 1.82) is 0 Å². The summed E-state index contributed by atoms with van der Waals surface area (Å²) in [4.78, 5) is 12.1. The van der Waals surface area contributed by atoms with Crippen LogP contribution in [0.2, 0.25) is 0 Å². The van der Waals surface area contributed by atoms with Gasteiger partial charge < -0.3 is 9.73 Å². The van der Waals surface area contributed by atoms with Crippen molar-refractivity contribution >= 4 is 5.91 Å². The van der Waals surface area contributed by atoms with Gasteiger partial charge in [0.15, 0.2) is 0 Å². The highest BCUT2D eigenvalue weighted by Crippen LogP contribution is 2.22. The third-order valence-electron chi connectivity index (χ3n) is 3.20. The van der Waals surface area contributed by atoms with Gasteiger partial charge in [-0.2, -0.15) is 0 Å². The van der Waals surface area contributed by atoms with Crippen molar-refractivity contribution in [3.63, 3.8) is 0 Å². The van der Waals surface area contributed by atoms with Crippen molar-refractivity contribution in [2.24, 2.45) is 0 Å². The zero-order valence-electron chi connectivity index (χ0n) is 12.7. The molecule has 4 heteroatoms.